The summed E-state index contributed by atoms with van der Waals surface area (Å²) in [5.74, 6) is -0.535. The molecule has 0 aliphatic heterocycles. The number of benzene rings is 2. The van der Waals surface area contributed by atoms with Crippen molar-refractivity contribution in [2.45, 2.75) is 24.8 Å². The fraction of sp³-hybridized carbons (Fsp3) is 0.278. The zero-order chi connectivity index (χ0) is 20.4. The molecule has 1 amide bonds. The van der Waals surface area contributed by atoms with Gasteiger partial charge in [0, 0.05) is 25.2 Å². The number of hydrogen-bond acceptors (Lipinski definition) is 4. The van der Waals surface area contributed by atoms with Crippen LogP contribution < -0.4 is 14.9 Å². The van der Waals surface area contributed by atoms with Crippen LogP contribution in [0, 0.1) is 0 Å². The van der Waals surface area contributed by atoms with Crippen LogP contribution >= 0.6 is 23.2 Å². The first-order valence-electron chi connectivity index (χ1n) is 8.11. The maximum Gasteiger partial charge on any atom is 0.257 e. The summed E-state index contributed by atoms with van der Waals surface area (Å²) >= 11 is 12.2. The number of carbonyl (C=O) groups excluding carboxylic acids is 1. The van der Waals surface area contributed by atoms with E-state index >= 15 is 0 Å². The number of nitrogens with zero attached hydrogens (tertiary/aromatic N) is 1. The number of rotatable bonds is 6. The minimum Gasteiger partial charge on any atom is -0.376 e. The number of carbonyl (C=O) groups is 1. The molecule has 0 aromatic heterocycles. The molecule has 9 heteroatoms. The Hall–Kier alpha value is -1.80. The highest BCUT2D eigenvalue weighted by molar-refractivity contribution is 7.89. The monoisotopic (exact) mass is 429 g/mol. The summed E-state index contributed by atoms with van der Waals surface area (Å²) in [6, 6.07) is 8.81. The lowest BCUT2D eigenvalue weighted by Gasteiger charge is -2.18. The lowest BCUT2D eigenvalue weighted by Crippen LogP contribution is -2.30. The van der Waals surface area contributed by atoms with Gasteiger partial charge in [-0.25, -0.2) is 13.1 Å². The van der Waals surface area contributed by atoms with Gasteiger partial charge in [0.15, 0.2) is 0 Å². The van der Waals surface area contributed by atoms with Crippen LogP contribution in [0.25, 0.3) is 0 Å². The van der Waals surface area contributed by atoms with E-state index in [0.29, 0.717) is 10.7 Å². The van der Waals surface area contributed by atoms with Crippen LogP contribution in [0.5, 0.6) is 0 Å². The first-order chi connectivity index (χ1) is 12.5. The average Bonchev–Trinajstić information content (AvgIpc) is 2.53. The third-order valence-electron chi connectivity index (χ3n) is 3.57. The second kappa shape index (κ2) is 8.48. The summed E-state index contributed by atoms with van der Waals surface area (Å²) < 4.78 is 27.2. The Labute approximate surface area is 169 Å². The van der Waals surface area contributed by atoms with Gasteiger partial charge in [-0.1, -0.05) is 23.2 Å². The smallest absolute Gasteiger partial charge is 0.257 e. The average molecular weight is 430 g/mol. The number of sulfonamides is 1. The molecular formula is C18H21Cl2N3O3S. The molecular weight excluding hydrogens is 409 g/mol. The van der Waals surface area contributed by atoms with E-state index in [1.54, 1.807) is 32.0 Å². The molecule has 0 radical (unpaired) electrons. The van der Waals surface area contributed by atoms with Crippen LogP contribution in [0.1, 0.15) is 24.2 Å². The largest absolute Gasteiger partial charge is 0.376 e. The standard InChI is InChI=1S/C18H21Cl2N3O3S/c1-11(2)22-27(25,26)13-6-7-15(20)14(10-13)18(24)21-16-9-12(19)5-8-17(16)23(3)4/h5-11,22H,1-4H3,(H,21,24). The molecule has 0 saturated heterocycles. The van der Waals surface area contributed by atoms with Crippen molar-refractivity contribution in [1.29, 1.82) is 0 Å². The highest BCUT2D eigenvalue weighted by atomic mass is 35.5. The molecule has 0 heterocycles. The molecule has 2 aromatic rings. The number of amides is 1. The second-order valence-corrected chi connectivity index (χ2v) is 8.99. The summed E-state index contributed by atoms with van der Waals surface area (Å²) in [5, 5.41) is 3.35. The quantitative estimate of drug-likeness (QED) is 0.726. The minimum atomic E-state index is -3.75. The molecule has 146 valence electrons. The van der Waals surface area contributed by atoms with Crippen molar-refractivity contribution >= 4 is 50.5 Å². The summed E-state index contributed by atoms with van der Waals surface area (Å²) in [5.41, 5.74) is 1.28. The van der Waals surface area contributed by atoms with Gasteiger partial charge in [-0.2, -0.15) is 0 Å². The fourth-order valence-corrected chi connectivity index (χ4v) is 4.06. The van der Waals surface area contributed by atoms with Gasteiger partial charge >= 0.3 is 0 Å². The van der Waals surface area contributed by atoms with E-state index in [4.69, 9.17) is 23.2 Å². The normalized spacial score (nSPS) is 11.5. The van der Waals surface area contributed by atoms with Gasteiger partial charge in [0.05, 0.1) is 26.9 Å². The maximum absolute atomic E-state index is 12.8. The van der Waals surface area contributed by atoms with Crippen LogP contribution in [0.15, 0.2) is 41.3 Å². The Morgan fingerprint density at radius 2 is 1.74 bits per heavy atom. The van der Waals surface area contributed by atoms with E-state index in [-0.39, 0.29) is 21.5 Å². The molecule has 0 fully saturated rings. The second-order valence-electron chi connectivity index (χ2n) is 6.43. The van der Waals surface area contributed by atoms with E-state index in [1.807, 2.05) is 19.0 Å². The third-order valence-corrected chi connectivity index (χ3v) is 5.79. The van der Waals surface area contributed by atoms with Crippen molar-refractivity contribution in [3.8, 4) is 0 Å². The predicted octanol–water partition coefficient (Wildman–Crippen LogP) is 4.00. The molecule has 0 aliphatic rings. The summed E-state index contributed by atoms with van der Waals surface area (Å²) in [6.07, 6.45) is 0. The molecule has 6 nitrogen and oxygen atoms in total. The lowest BCUT2D eigenvalue weighted by molar-refractivity contribution is 0.102. The first-order valence-corrected chi connectivity index (χ1v) is 10.4. The highest BCUT2D eigenvalue weighted by Gasteiger charge is 2.20. The zero-order valence-electron chi connectivity index (χ0n) is 15.4. The third kappa shape index (κ3) is 5.35. The van der Waals surface area contributed by atoms with Crippen molar-refractivity contribution in [3.63, 3.8) is 0 Å². The Morgan fingerprint density at radius 1 is 1.07 bits per heavy atom. The van der Waals surface area contributed by atoms with Crippen molar-refractivity contribution in [2.75, 3.05) is 24.3 Å². The topological polar surface area (TPSA) is 78.5 Å². The van der Waals surface area contributed by atoms with Gasteiger partial charge in [0.1, 0.15) is 0 Å². The van der Waals surface area contributed by atoms with Crippen LogP contribution in [-0.2, 0) is 10.0 Å². The van der Waals surface area contributed by atoms with E-state index in [9.17, 15) is 13.2 Å². The Kier molecular flexibility index (Phi) is 6.75. The van der Waals surface area contributed by atoms with Gasteiger partial charge in [0.2, 0.25) is 10.0 Å². The molecule has 2 N–H and O–H groups in total. The van der Waals surface area contributed by atoms with E-state index in [1.165, 1.54) is 18.2 Å². The maximum atomic E-state index is 12.8. The first kappa shape index (κ1) is 21.5. The molecule has 0 bridgehead atoms. The SMILES string of the molecule is CC(C)NS(=O)(=O)c1ccc(Cl)c(C(=O)Nc2cc(Cl)ccc2N(C)C)c1. The number of anilines is 2. The Bertz CT molecular complexity index is 960. The number of nitrogens with one attached hydrogen (secondary N) is 2. The molecule has 0 aliphatic carbocycles. The van der Waals surface area contributed by atoms with E-state index < -0.39 is 15.9 Å². The van der Waals surface area contributed by atoms with E-state index in [0.717, 1.165) is 5.69 Å². The van der Waals surface area contributed by atoms with Crippen molar-refractivity contribution in [1.82, 2.24) is 4.72 Å². The fourth-order valence-electron chi connectivity index (χ4n) is 2.41. The number of hydrogen-bond donors (Lipinski definition) is 2. The zero-order valence-corrected chi connectivity index (χ0v) is 17.7. The van der Waals surface area contributed by atoms with Crippen molar-refractivity contribution in [2.24, 2.45) is 0 Å². The molecule has 0 spiro atoms. The van der Waals surface area contributed by atoms with E-state index in [2.05, 4.69) is 10.0 Å². The Balaban J connectivity index is 2.40. The molecule has 2 rings (SSSR count). The van der Waals surface area contributed by atoms with Gasteiger partial charge in [0.25, 0.3) is 5.91 Å². The highest BCUT2D eigenvalue weighted by Crippen LogP contribution is 2.29. The summed E-state index contributed by atoms with van der Waals surface area (Å²) in [6.45, 7) is 3.42. The Morgan fingerprint density at radius 3 is 2.33 bits per heavy atom. The van der Waals surface area contributed by atoms with Crippen molar-refractivity contribution < 1.29 is 13.2 Å². The van der Waals surface area contributed by atoms with Crippen LogP contribution in [0.3, 0.4) is 0 Å². The summed E-state index contributed by atoms with van der Waals surface area (Å²) in [7, 11) is -0.0914. The van der Waals surface area contributed by atoms with Crippen LogP contribution in [0.2, 0.25) is 10.0 Å². The van der Waals surface area contributed by atoms with Crippen LogP contribution in [-0.4, -0.2) is 34.5 Å². The number of halogens is 2. The van der Waals surface area contributed by atoms with Crippen molar-refractivity contribution in [3.05, 3.63) is 52.0 Å². The molecule has 27 heavy (non-hydrogen) atoms. The van der Waals surface area contributed by atoms with Gasteiger partial charge in [-0.15, -0.1) is 0 Å². The lowest BCUT2D eigenvalue weighted by atomic mass is 10.2. The van der Waals surface area contributed by atoms with Crippen LogP contribution in [0.4, 0.5) is 11.4 Å². The molecule has 0 unspecified atom stereocenters. The summed E-state index contributed by atoms with van der Waals surface area (Å²) in [4.78, 5) is 14.5. The molecule has 0 saturated carbocycles. The van der Waals surface area contributed by atoms with Gasteiger partial charge in [-0.3, -0.25) is 4.79 Å². The molecule has 2 aromatic carbocycles. The predicted molar refractivity (Wildman–Crippen MR) is 111 cm³/mol. The minimum absolute atomic E-state index is 0.0373. The molecule has 0 atom stereocenters. The van der Waals surface area contributed by atoms with Gasteiger partial charge in [-0.05, 0) is 50.2 Å². The van der Waals surface area contributed by atoms with Gasteiger partial charge < -0.3 is 10.2 Å².